The molecule has 0 aliphatic carbocycles. The number of para-hydroxylation sites is 1. The van der Waals surface area contributed by atoms with Gasteiger partial charge in [0.05, 0.1) is 10.6 Å². The molecule has 0 bridgehead atoms. The van der Waals surface area contributed by atoms with Gasteiger partial charge in [0.1, 0.15) is 6.04 Å². The summed E-state index contributed by atoms with van der Waals surface area (Å²) in [6.45, 7) is 2.20. The third-order valence-corrected chi connectivity index (χ3v) is 5.85. The number of hydrogen-bond acceptors (Lipinski definition) is 3. The SMILES string of the molecule is Cc1ccc([C@@H]([NH2+]CC(=O)Nc2ccccc2S(C)(=O)=O)c2ccccc2)cc1. The molecule has 0 heterocycles. The van der Waals surface area contributed by atoms with Crippen LogP contribution < -0.4 is 10.6 Å². The van der Waals surface area contributed by atoms with E-state index >= 15 is 0 Å². The fourth-order valence-electron chi connectivity index (χ4n) is 3.22. The molecule has 3 rings (SSSR count). The minimum atomic E-state index is -3.43. The first-order chi connectivity index (χ1) is 13.8. The summed E-state index contributed by atoms with van der Waals surface area (Å²) < 4.78 is 23.9. The number of carbonyl (C=O) groups is 1. The summed E-state index contributed by atoms with van der Waals surface area (Å²) in [6.07, 6.45) is 1.13. The largest absolute Gasteiger partial charge is 0.328 e. The second kappa shape index (κ2) is 9.03. The van der Waals surface area contributed by atoms with E-state index in [1.54, 1.807) is 18.2 Å². The molecule has 0 radical (unpaired) electrons. The number of quaternary nitrogens is 1. The van der Waals surface area contributed by atoms with E-state index in [0.29, 0.717) is 5.69 Å². The van der Waals surface area contributed by atoms with Gasteiger partial charge in [-0.25, -0.2) is 8.42 Å². The lowest BCUT2D eigenvalue weighted by atomic mass is 9.98. The normalized spacial score (nSPS) is 12.3. The van der Waals surface area contributed by atoms with Gasteiger partial charge in [0.25, 0.3) is 5.91 Å². The number of anilines is 1. The Kier molecular flexibility index (Phi) is 6.46. The summed E-state index contributed by atoms with van der Waals surface area (Å²) in [6, 6.07) is 24.7. The van der Waals surface area contributed by atoms with Crippen molar-refractivity contribution in [3.05, 3.63) is 95.6 Å². The second-order valence-electron chi connectivity index (χ2n) is 7.06. The molecule has 5 nitrogen and oxygen atoms in total. The summed E-state index contributed by atoms with van der Waals surface area (Å²) in [5.74, 6) is -0.255. The molecule has 150 valence electrons. The van der Waals surface area contributed by atoms with Crippen LogP contribution in [0, 0.1) is 6.92 Å². The Bertz CT molecular complexity index is 1080. The Morgan fingerprint density at radius 3 is 2.14 bits per heavy atom. The molecule has 0 aromatic heterocycles. The van der Waals surface area contributed by atoms with Gasteiger partial charge in [0, 0.05) is 17.4 Å². The summed E-state index contributed by atoms with van der Waals surface area (Å²) in [5.41, 5.74) is 3.68. The molecule has 1 atom stereocenters. The Labute approximate surface area is 171 Å². The van der Waals surface area contributed by atoms with Gasteiger partial charge in [-0.15, -0.1) is 0 Å². The maximum absolute atomic E-state index is 12.6. The van der Waals surface area contributed by atoms with E-state index in [1.807, 2.05) is 42.6 Å². The van der Waals surface area contributed by atoms with Crippen molar-refractivity contribution in [3.63, 3.8) is 0 Å². The number of amides is 1. The molecule has 29 heavy (non-hydrogen) atoms. The number of sulfone groups is 1. The van der Waals surface area contributed by atoms with Crippen LogP contribution in [0.5, 0.6) is 0 Å². The van der Waals surface area contributed by atoms with Crippen molar-refractivity contribution in [1.82, 2.24) is 0 Å². The highest BCUT2D eigenvalue weighted by Gasteiger charge is 2.20. The Morgan fingerprint density at radius 2 is 1.48 bits per heavy atom. The van der Waals surface area contributed by atoms with Crippen LogP contribution in [0.4, 0.5) is 5.69 Å². The summed E-state index contributed by atoms with van der Waals surface area (Å²) in [5, 5.41) is 4.69. The van der Waals surface area contributed by atoms with Crippen LogP contribution in [0.25, 0.3) is 0 Å². The van der Waals surface area contributed by atoms with Crippen molar-refractivity contribution in [2.24, 2.45) is 0 Å². The Morgan fingerprint density at radius 1 is 0.897 bits per heavy atom. The van der Waals surface area contributed by atoms with Crippen molar-refractivity contribution in [3.8, 4) is 0 Å². The van der Waals surface area contributed by atoms with Gasteiger partial charge < -0.3 is 10.6 Å². The minimum Gasteiger partial charge on any atom is -0.328 e. The molecule has 3 aromatic carbocycles. The fraction of sp³-hybridized carbons (Fsp3) is 0.174. The smallest absolute Gasteiger partial charge is 0.279 e. The first kappa shape index (κ1) is 20.8. The number of rotatable bonds is 7. The van der Waals surface area contributed by atoms with Crippen molar-refractivity contribution in [2.75, 3.05) is 18.1 Å². The highest BCUT2D eigenvalue weighted by molar-refractivity contribution is 7.90. The molecule has 3 N–H and O–H groups in total. The summed E-state index contributed by atoms with van der Waals surface area (Å²) in [4.78, 5) is 12.7. The number of carbonyl (C=O) groups excluding carboxylic acids is 1. The first-order valence-electron chi connectivity index (χ1n) is 9.38. The van der Waals surface area contributed by atoms with E-state index in [0.717, 1.165) is 17.4 Å². The Balaban J connectivity index is 1.77. The van der Waals surface area contributed by atoms with Crippen LogP contribution >= 0.6 is 0 Å². The van der Waals surface area contributed by atoms with Crippen molar-refractivity contribution >= 4 is 21.4 Å². The van der Waals surface area contributed by atoms with Gasteiger partial charge in [-0.1, -0.05) is 72.3 Å². The number of nitrogens with one attached hydrogen (secondary N) is 1. The van der Waals surface area contributed by atoms with Gasteiger partial charge in [0.2, 0.25) is 0 Å². The van der Waals surface area contributed by atoms with Gasteiger partial charge in [-0.05, 0) is 19.1 Å². The molecular weight excluding hydrogens is 384 g/mol. The molecule has 6 heteroatoms. The highest BCUT2D eigenvalue weighted by atomic mass is 32.2. The van der Waals surface area contributed by atoms with Crippen LogP contribution in [0.2, 0.25) is 0 Å². The average molecular weight is 410 g/mol. The van der Waals surface area contributed by atoms with Gasteiger partial charge in [0.15, 0.2) is 16.4 Å². The van der Waals surface area contributed by atoms with E-state index in [-0.39, 0.29) is 23.4 Å². The van der Waals surface area contributed by atoms with Crippen LogP contribution in [-0.2, 0) is 14.6 Å². The monoisotopic (exact) mass is 409 g/mol. The molecule has 0 spiro atoms. The number of benzene rings is 3. The zero-order valence-corrected chi connectivity index (χ0v) is 17.3. The molecule has 0 aliphatic rings. The number of aryl methyl sites for hydroxylation is 1. The molecule has 0 saturated heterocycles. The van der Waals surface area contributed by atoms with Crippen molar-refractivity contribution < 1.29 is 18.5 Å². The zero-order valence-electron chi connectivity index (χ0n) is 16.5. The summed E-state index contributed by atoms with van der Waals surface area (Å²) in [7, 11) is -3.43. The second-order valence-corrected chi connectivity index (χ2v) is 9.04. The van der Waals surface area contributed by atoms with Gasteiger partial charge in [-0.3, -0.25) is 4.79 Å². The quantitative estimate of drug-likeness (QED) is 0.630. The van der Waals surface area contributed by atoms with Crippen LogP contribution in [-0.4, -0.2) is 27.1 Å². The predicted molar refractivity (Wildman–Crippen MR) is 114 cm³/mol. The van der Waals surface area contributed by atoms with E-state index in [2.05, 4.69) is 29.6 Å². The number of hydrogen-bond donors (Lipinski definition) is 2. The zero-order chi connectivity index (χ0) is 20.9. The third-order valence-electron chi connectivity index (χ3n) is 4.69. The molecular formula is C23H25N2O3S+. The lowest BCUT2D eigenvalue weighted by molar-refractivity contribution is -0.676. The fourth-order valence-corrected chi connectivity index (χ4v) is 4.06. The lowest BCUT2D eigenvalue weighted by Crippen LogP contribution is -2.87. The molecule has 0 saturated carbocycles. The molecule has 3 aromatic rings. The maximum atomic E-state index is 12.6. The maximum Gasteiger partial charge on any atom is 0.279 e. The number of nitrogens with two attached hydrogens (primary N) is 1. The first-order valence-corrected chi connectivity index (χ1v) is 11.3. The van der Waals surface area contributed by atoms with Gasteiger partial charge >= 0.3 is 0 Å². The van der Waals surface area contributed by atoms with Crippen LogP contribution in [0.1, 0.15) is 22.7 Å². The third kappa shape index (κ3) is 5.53. The topological polar surface area (TPSA) is 79.8 Å². The van der Waals surface area contributed by atoms with E-state index in [1.165, 1.54) is 11.6 Å². The van der Waals surface area contributed by atoms with E-state index < -0.39 is 9.84 Å². The Hall–Kier alpha value is -2.96. The minimum absolute atomic E-state index is 0.0345. The van der Waals surface area contributed by atoms with E-state index in [9.17, 15) is 13.2 Å². The lowest BCUT2D eigenvalue weighted by Gasteiger charge is -2.17. The van der Waals surface area contributed by atoms with Gasteiger partial charge in [-0.2, -0.15) is 0 Å². The molecule has 0 aliphatic heterocycles. The van der Waals surface area contributed by atoms with Crippen molar-refractivity contribution in [2.45, 2.75) is 17.9 Å². The average Bonchev–Trinajstić information content (AvgIpc) is 2.70. The van der Waals surface area contributed by atoms with Crippen molar-refractivity contribution in [1.29, 1.82) is 0 Å². The van der Waals surface area contributed by atoms with Crippen LogP contribution in [0.3, 0.4) is 0 Å². The molecule has 0 unspecified atom stereocenters. The highest BCUT2D eigenvalue weighted by Crippen LogP contribution is 2.21. The standard InChI is InChI=1S/C23H24N2O3S/c1-17-12-14-19(15-13-17)23(18-8-4-3-5-9-18)24-16-22(26)25-20-10-6-7-11-21(20)29(2,27)28/h3-15,23-24H,16H2,1-2H3,(H,25,26)/p+1/t23-/m0/s1. The van der Waals surface area contributed by atoms with Crippen LogP contribution in [0.15, 0.2) is 83.8 Å². The van der Waals surface area contributed by atoms with E-state index in [4.69, 9.17) is 0 Å². The molecule has 0 fully saturated rings. The predicted octanol–water partition coefficient (Wildman–Crippen LogP) is 2.69. The summed E-state index contributed by atoms with van der Waals surface area (Å²) >= 11 is 0. The molecule has 1 amide bonds.